The van der Waals surface area contributed by atoms with Crippen LogP contribution >= 0.6 is 0 Å². The van der Waals surface area contributed by atoms with Crippen LogP contribution in [0.15, 0.2) is 48.5 Å². The third kappa shape index (κ3) is 7.59. The van der Waals surface area contributed by atoms with Crippen molar-refractivity contribution in [3.8, 4) is 11.8 Å². The molecular weight excluding hydrogens is 478 g/mol. The molecule has 3 rings (SSSR count). The summed E-state index contributed by atoms with van der Waals surface area (Å²) in [4.78, 5) is 14.5. The van der Waals surface area contributed by atoms with Crippen LogP contribution in [-0.4, -0.2) is 59.5 Å². The Hall–Kier alpha value is -2.83. The number of carbonyl (C=O) groups excluding carboxylic acids is 1. The number of carbonyl (C=O) groups is 1. The summed E-state index contributed by atoms with van der Waals surface area (Å²) in [5.74, 6) is 5.35. The maximum absolute atomic E-state index is 13.4. The summed E-state index contributed by atoms with van der Waals surface area (Å²) in [6.45, 7) is 6.57. The number of unbranched alkanes of at least 4 members (excludes halogenated alkanes) is 1. The van der Waals surface area contributed by atoms with E-state index >= 15 is 0 Å². The molecule has 1 fully saturated rings. The molecule has 6 nitrogen and oxygen atoms in total. The van der Waals surface area contributed by atoms with Crippen molar-refractivity contribution in [1.29, 1.82) is 0 Å². The maximum atomic E-state index is 13.4. The number of nitrogens with one attached hydrogen (secondary N) is 1. The number of aryl methyl sites for hydroxylation is 1. The lowest BCUT2D eigenvalue weighted by Crippen LogP contribution is -2.57. The number of rotatable bonds is 10. The van der Waals surface area contributed by atoms with Crippen LogP contribution in [0.3, 0.4) is 0 Å². The smallest absolute Gasteiger partial charge is 0.267 e. The number of aliphatic hydroxyl groups is 1. The summed E-state index contributed by atoms with van der Waals surface area (Å²) in [6.07, 6.45) is -1.38. The lowest BCUT2D eigenvalue weighted by molar-refractivity contribution is -0.183. The third-order valence-electron chi connectivity index (χ3n) is 7.31. The highest BCUT2D eigenvalue weighted by molar-refractivity contribution is 5.82. The van der Waals surface area contributed by atoms with E-state index in [0.29, 0.717) is 19.3 Å². The Bertz CT molecular complexity index is 1070. The van der Waals surface area contributed by atoms with Crippen molar-refractivity contribution in [2.75, 3.05) is 26.3 Å². The number of hydrogen-bond donors (Lipinski definition) is 3. The van der Waals surface area contributed by atoms with Crippen molar-refractivity contribution in [1.82, 2.24) is 10.4 Å². The van der Waals surface area contributed by atoms with E-state index in [9.17, 15) is 18.7 Å². The Morgan fingerprint density at radius 1 is 1.00 bits per heavy atom. The highest BCUT2D eigenvalue weighted by atomic mass is 19.3. The average molecular weight is 515 g/mol. The number of nitrogens with zero attached hydrogens (tertiary/aromatic N) is 1. The topological polar surface area (TPSA) is 82.0 Å². The van der Waals surface area contributed by atoms with E-state index in [-0.39, 0.29) is 6.42 Å². The Balaban J connectivity index is 1.50. The Morgan fingerprint density at radius 3 is 2.05 bits per heavy atom. The Kier molecular flexibility index (Phi) is 10.2. The first-order valence-corrected chi connectivity index (χ1v) is 12.6. The summed E-state index contributed by atoms with van der Waals surface area (Å²) in [7, 11) is 0. The number of halogens is 2. The van der Waals surface area contributed by atoms with Crippen LogP contribution in [0.5, 0.6) is 0 Å². The fourth-order valence-electron chi connectivity index (χ4n) is 4.38. The summed E-state index contributed by atoms with van der Waals surface area (Å²) in [5, 5.41) is 19.2. The van der Waals surface area contributed by atoms with Gasteiger partial charge in [-0.3, -0.25) is 14.9 Å². The number of morpholine rings is 1. The molecule has 1 heterocycles. The molecule has 8 heteroatoms. The molecule has 2 atom stereocenters. The van der Waals surface area contributed by atoms with Gasteiger partial charge in [0, 0.05) is 30.8 Å². The van der Waals surface area contributed by atoms with E-state index in [1.807, 2.05) is 36.4 Å². The molecular formula is C29H36F2N2O4. The molecule has 1 aliphatic rings. The molecule has 1 saturated heterocycles. The highest BCUT2D eigenvalue weighted by Gasteiger charge is 2.54. The van der Waals surface area contributed by atoms with E-state index in [4.69, 9.17) is 9.94 Å². The van der Waals surface area contributed by atoms with Gasteiger partial charge in [0.2, 0.25) is 0 Å². The van der Waals surface area contributed by atoms with Gasteiger partial charge >= 0.3 is 0 Å². The van der Waals surface area contributed by atoms with Crippen LogP contribution in [0, 0.1) is 17.3 Å². The van der Waals surface area contributed by atoms with Gasteiger partial charge in [0.25, 0.3) is 12.3 Å². The van der Waals surface area contributed by atoms with Gasteiger partial charge in [0.1, 0.15) is 5.60 Å². The first-order valence-electron chi connectivity index (χ1n) is 12.6. The average Bonchev–Trinajstić information content (AvgIpc) is 2.91. The number of hydrogen-bond acceptors (Lipinski definition) is 5. The molecule has 200 valence electrons. The van der Waals surface area contributed by atoms with Gasteiger partial charge in [0.15, 0.2) is 0 Å². The highest BCUT2D eigenvalue weighted by Crippen LogP contribution is 2.40. The quantitative estimate of drug-likeness (QED) is 0.192. The van der Waals surface area contributed by atoms with Crippen molar-refractivity contribution in [2.24, 2.45) is 5.41 Å². The molecule has 1 aliphatic heterocycles. The third-order valence-corrected chi connectivity index (χ3v) is 7.31. The predicted molar refractivity (Wildman–Crippen MR) is 137 cm³/mol. The summed E-state index contributed by atoms with van der Waals surface area (Å²) < 4.78 is 32.1. The van der Waals surface area contributed by atoms with Gasteiger partial charge in [-0.2, -0.15) is 0 Å². The van der Waals surface area contributed by atoms with E-state index in [2.05, 4.69) is 28.9 Å². The van der Waals surface area contributed by atoms with E-state index < -0.39 is 23.3 Å². The lowest BCUT2D eigenvalue weighted by Gasteiger charge is -2.40. The summed E-state index contributed by atoms with van der Waals surface area (Å²) >= 11 is 0. The molecule has 2 aromatic rings. The van der Waals surface area contributed by atoms with Crippen molar-refractivity contribution in [3.63, 3.8) is 0 Å². The van der Waals surface area contributed by atoms with Crippen LogP contribution in [0.1, 0.15) is 55.4 Å². The minimum Gasteiger partial charge on any atom is -0.383 e. The van der Waals surface area contributed by atoms with Crippen LogP contribution in [0.25, 0.3) is 0 Å². The molecule has 37 heavy (non-hydrogen) atoms. The molecule has 0 aromatic heterocycles. The van der Waals surface area contributed by atoms with E-state index in [1.54, 1.807) is 0 Å². The minimum absolute atomic E-state index is 0.00549. The van der Waals surface area contributed by atoms with Gasteiger partial charge in [-0.05, 0) is 68.5 Å². The molecule has 0 saturated carbocycles. The normalized spacial score (nSPS) is 17.4. The first kappa shape index (κ1) is 28.7. The summed E-state index contributed by atoms with van der Waals surface area (Å²) in [6, 6.07) is 16.1. The van der Waals surface area contributed by atoms with Crippen molar-refractivity contribution in [3.05, 3.63) is 70.8 Å². The monoisotopic (exact) mass is 514 g/mol. The zero-order chi connectivity index (χ0) is 26.9. The molecule has 3 N–H and O–H groups in total. The molecule has 1 amide bonds. The molecule has 0 bridgehead atoms. The van der Waals surface area contributed by atoms with E-state index in [1.165, 1.54) is 18.0 Å². The van der Waals surface area contributed by atoms with Gasteiger partial charge < -0.3 is 9.84 Å². The van der Waals surface area contributed by atoms with E-state index in [0.717, 1.165) is 56.5 Å². The zero-order valence-electron chi connectivity index (χ0n) is 21.5. The molecule has 0 radical (unpaired) electrons. The van der Waals surface area contributed by atoms with Crippen molar-refractivity contribution in [2.45, 2.75) is 58.1 Å². The molecule has 2 aromatic carbocycles. The van der Waals surface area contributed by atoms with Crippen molar-refractivity contribution >= 4 is 5.91 Å². The zero-order valence-corrected chi connectivity index (χ0v) is 21.5. The van der Waals surface area contributed by atoms with Crippen LogP contribution in [0.4, 0.5) is 8.78 Å². The van der Waals surface area contributed by atoms with Gasteiger partial charge in [-0.15, -0.1) is 0 Å². The van der Waals surface area contributed by atoms with Crippen LogP contribution < -0.4 is 5.48 Å². The maximum Gasteiger partial charge on any atom is 0.267 e. The largest absolute Gasteiger partial charge is 0.383 e. The number of ether oxygens (including phenoxy) is 1. The standard InChI is InChI=1S/C29H36F2N2O4/c1-28(27(34)32-36,29(2,35)26(30)31)16-4-3-5-22-6-8-23(9-7-22)10-11-24-12-14-25(15-13-24)21-33-17-19-37-20-18-33/h6-9,12-15,26,35-36H,3-5,16-21H2,1-2H3,(H,32,34)/t28?,29-/m1/s1. The minimum atomic E-state index is -3.13. The molecule has 1 unspecified atom stereocenters. The second-order valence-electron chi connectivity index (χ2n) is 9.96. The molecule has 0 spiro atoms. The van der Waals surface area contributed by atoms with Gasteiger partial charge in [-0.1, -0.05) is 42.5 Å². The van der Waals surface area contributed by atoms with Crippen LogP contribution in [-0.2, 0) is 22.5 Å². The van der Waals surface area contributed by atoms with Crippen molar-refractivity contribution < 1.29 is 28.6 Å². The van der Waals surface area contributed by atoms with Crippen LogP contribution in [0.2, 0.25) is 0 Å². The first-order chi connectivity index (χ1) is 17.7. The lowest BCUT2D eigenvalue weighted by atomic mass is 9.70. The molecule has 0 aliphatic carbocycles. The fourth-order valence-corrected chi connectivity index (χ4v) is 4.38. The second kappa shape index (κ2) is 13.1. The second-order valence-corrected chi connectivity index (χ2v) is 9.96. The SMILES string of the molecule is CC(CCCCc1ccc(C#Cc2ccc(CN3CCOCC3)cc2)cc1)(C(=O)NO)[C@](C)(O)C(F)F. The number of alkyl halides is 2. The Morgan fingerprint density at radius 2 is 1.54 bits per heavy atom. The number of hydroxylamine groups is 1. The summed E-state index contributed by atoms with van der Waals surface area (Å²) in [5.41, 5.74) is 1.19. The fraction of sp³-hybridized carbons (Fsp3) is 0.483. The number of benzene rings is 2. The van der Waals surface area contributed by atoms with Gasteiger partial charge in [-0.25, -0.2) is 14.3 Å². The Labute approximate surface area is 217 Å². The predicted octanol–water partition coefficient (Wildman–Crippen LogP) is 4.16. The number of amides is 1. The van der Waals surface area contributed by atoms with Gasteiger partial charge in [0.05, 0.1) is 18.6 Å².